The van der Waals surface area contributed by atoms with Crippen LogP contribution in [0, 0.1) is 12.3 Å². The molecule has 0 spiro atoms. The first-order valence-corrected chi connectivity index (χ1v) is 9.43. The van der Waals surface area contributed by atoms with Gasteiger partial charge in [0, 0.05) is 6.42 Å². The smallest absolute Gasteiger partial charge is 0.338 e. The molecule has 0 bridgehead atoms. The van der Waals surface area contributed by atoms with Crippen LogP contribution in [0.2, 0.25) is 0 Å². The normalized spacial score (nSPS) is 25.6. The molecule has 0 radical (unpaired) electrons. The third-order valence-electron chi connectivity index (χ3n) is 4.75. The van der Waals surface area contributed by atoms with Gasteiger partial charge in [0.1, 0.15) is 33.9 Å². The fourth-order valence-corrected chi connectivity index (χ4v) is 3.61. The number of hydrogen-bond donors (Lipinski definition) is 2. The van der Waals surface area contributed by atoms with Crippen LogP contribution in [0.3, 0.4) is 0 Å². The molecule has 1 aliphatic carbocycles. The molecule has 2 amide bonds. The highest BCUT2D eigenvalue weighted by molar-refractivity contribution is 6.53. The van der Waals surface area contributed by atoms with Crippen molar-refractivity contribution in [3.63, 3.8) is 0 Å². The van der Waals surface area contributed by atoms with Crippen LogP contribution >= 0.6 is 23.2 Å². The van der Waals surface area contributed by atoms with Gasteiger partial charge in [0.25, 0.3) is 0 Å². The number of alkyl halides is 2. The van der Waals surface area contributed by atoms with E-state index in [1.54, 1.807) is 32.9 Å². The van der Waals surface area contributed by atoms with Crippen LogP contribution in [0.5, 0.6) is 0 Å². The van der Waals surface area contributed by atoms with E-state index in [1.165, 1.54) is 0 Å². The Bertz CT molecular complexity index is 862. The molecule has 152 valence electrons. The Labute approximate surface area is 171 Å². The van der Waals surface area contributed by atoms with Crippen LogP contribution in [-0.4, -0.2) is 35.5 Å². The monoisotopic (exact) mass is 430 g/mol. The molecule has 1 fully saturated rings. The average molecular weight is 431 g/mol. The van der Waals surface area contributed by atoms with E-state index in [2.05, 4.69) is 10.6 Å². The first kappa shape index (κ1) is 20.5. The minimum absolute atomic E-state index is 0.0903. The fourth-order valence-electron chi connectivity index (χ4n) is 2.92. The van der Waals surface area contributed by atoms with Gasteiger partial charge in [-0.2, -0.15) is 0 Å². The number of halogens is 2. The van der Waals surface area contributed by atoms with Crippen molar-refractivity contribution in [1.82, 2.24) is 10.6 Å². The molecule has 2 aliphatic rings. The average Bonchev–Trinajstić information content (AvgIpc) is 2.92. The minimum atomic E-state index is -1.19. The molecule has 1 aliphatic heterocycles. The van der Waals surface area contributed by atoms with Gasteiger partial charge in [0.05, 0.1) is 17.9 Å². The predicted octanol–water partition coefficient (Wildman–Crippen LogP) is 2.89. The summed E-state index contributed by atoms with van der Waals surface area (Å²) in [5.74, 6) is -0.316. The Morgan fingerprint density at radius 3 is 2.54 bits per heavy atom. The zero-order valence-electron chi connectivity index (χ0n) is 15.6. The molecule has 2 heterocycles. The Hall–Kier alpha value is -2.19. The van der Waals surface area contributed by atoms with Crippen molar-refractivity contribution in [2.45, 2.75) is 37.6 Å². The van der Waals surface area contributed by atoms with Crippen molar-refractivity contribution >= 4 is 41.2 Å². The molecule has 0 aromatic carbocycles. The van der Waals surface area contributed by atoms with Crippen molar-refractivity contribution in [3.05, 3.63) is 34.9 Å². The zero-order valence-corrected chi connectivity index (χ0v) is 17.1. The van der Waals surface area contributed by atoms with Crippen molar-refractivity contribution in [3.8, 4) is 0 Å². The summed E-state index contributed by atoms with van der Waals surface area (Å²) in [6, 6.07) is 1.90. The summed E-state index contributed by atoms with van der Waals surface area (Å²) in [4.78, 5) is 37.0. The van der Waals surface area contributed by atoms with Gasteiger partial charge in [-0.15, -0.1) is 23.2 Å². The second kappa shape index (κ2) is 7.33. The van der Waals surface area contributed by atoms with Crippen LogP contribution in [0.1, 0.15) is 37.8 Å². The highest BCUT2D eigenvalue weighted by atomic mass is 35.5. The van der Waals surface area contributed by atoms with Crippen molar-refractivity contribution in [1.29, 1.82) is 0 Å². The van der Waals surface area contributed by atoms with Crippen molar-refractivity contribution in [2.24, 2.45) is 5.41 Å². The molecule has 1 saturated carbocycles. The van der Waals surface area contributed by atoms with E-state index in [0.29, 0.717) is 11.5 Å². The number of aryl methyl sites for hydroxylation is 1. The standard InChI is InChI=1S/C18H20Cl2N2O6/c1-4-26-14(23)12-10(7-27-15(24)17(3)8-18(17,19)20)21-16(25)22-13(12)11-6-5-9(2)28-11/h5-6,13H,4,7-8H2,1-3H3,(H2,21,22,25)/t13-,17-/m1/s1. The number of furan rings is 1. The molecule has 28 heavy (non-hydrogen) atoms. The molecule has 1 aromatic heterocycles. The summed E-state index contributed by atoms with van der Waals surface area (Å²) < 4.78 is 14.8. The summed E-state index contributed by atoms with van der Waals surface area (Å²) in [5, 5.41) is 5.13. The maximum atomic E-state index is 12.6. The van der Waals surface area contributed by atoms with E-state index in [-0.39, 0.29) is 30.9 Å². The number of carbonyl (C=O) groups excluding carboxylic acids is 3. The second-order valence-corrected chi connectivity index (χ2v) is 8.37. The Morgan fingerprint density at radius 2 is 2.00 bits per heavy atom. The first-order valence-electron chi connectivity index (χ1n) is 8.68. The summed E-state index contributed by atoms with van der Waals surface area (Å²) in [5.41, 5.74) is -0.837. The van der Waals surface area contributed by atoms with Gasteiger partial charge in [-0.1, -0.05) is 0 Å². The number of ether oxygens (including phenoxy) is 2. The number of amides is 2. The molecule has 3 rings (SSSR count). The highest BCUT2D eigenvalue weighted by Crippen LogP contribution is 2.64. The third-order valence-corrected chi connectivity index (χ3v) is 5.85. The summed E-state index contributed by atoms with van der Waals surface area (Å²) in [6.45, 7) is 4.77. The van der Waals surface area contributed by atoms with E-state index in [9.17, 15) is 14.4 Å². The van der Waals surface area contributed by atoms with Crippen LogP contribution in [0.25, 0.3) is 0 Å². The molecule has 10 heteroatoms. The van der Waals surface area contributed by atoms with E-state index in [4.69, 9.17) is 37.1 Å². The molecule has 0 unspecified atom stereocenters. The first-order chi connectivity index (χ1) is 13.1. The third kappa shape index (κ3) is 3.71. The Balaban J connectivity index is 1.89. The van der Waals surface area contributed by atoms with Gasteiger partial charge < -0.3 is 24.5 Å². The second-order valence-electron chi connectivity index (χ2n) is 6.88. The highest BCUT2D eigenvalue weighted by Gasteiger charge is 2.69. The van der Waals surface area contributed by atoms with Gasteiger partial charge >= 0.3 is 18.0 Å². The van der Waals surface area contributed by atoms with Gasteiger partial charge in [0.15, 0.2) is 0 Å². The largest absolute Gasteiger partial charge is 0.464 e. The van der Waals surface area contributed by atoms with E-state index < -0.39 is 33.8 Å². The SMILES string of the molecule is CCOC(=O)C1=C(COC(=O)[C@@]2(C)CC2(Cl)Cl)NC(=O)N[C@@H]1c1ccc(C)o1. The van der Waals surface area contributed by atoms with Gasteiger partial charge in [-0.05, 0) is 32.9 Å². The van der Waals surface area contributed by atoms with Crippen LogP contribution < -0.4 is 10.6 Å². The van der Waals surface area contributed by atoms with Gasteiger partial charge in [0.2, 0.25) is 0 Å². The number of urea groups is 1. The zero-order chi connectivity index (χ0) is 20.7. The fraction of sp³-hybridized carbons (Fsp3) is 0.500. The molecule has 0 saturated heterocycles. The summed E-state index contributed by atoms with van der Waals surface area (Å²) in [6.07, 6.45) is 0.258. The van der Waals surface area contributed by atoms with Crippen LogP contribution in [-0.2, 0) is 19.1 Å². The minimum Gasteiger partial charge on any atom is -0.464 e. The number of esters is 2. The Kier molecular flexibility index (Phi) is 5.38. The Morgan fingerprint density at radius 1 is 1.32 bits per heavy atom. The lowest BCUT2D eigenvalue weighted by Gasteiger charge is -2.28. The van der Waals surface area contributed by atoms with E-state index >= 15 is 0 Å². The lowest BCUT2D eigenvalue weighted by molar-refractivity contribution is -0.149. The van der Waals surface area contributed by atoms with Crippen LogP contribution in [0.15, 0.2) is 27.8 Å². The topological polar surface area (TPSA) is 107 Å². The quantitative estimate of drug-likeness (QED) is 0.530. The van der Waals surface area contributed by atoms with Crippen molar-refractivity contribution < 1.29 is 28.3 Å². The lowest BCUT2D eigenvalue weighted by Crippen LogP contribution is -2.47. The van der Waals surface area contributed by atoms with Crippen LogP contribution in [0.4, 0.5) is 4.79 Å². The van der Waals surface area contributed by atoms with Gasteiger partial charge in [-0.25, -0.2) is 9.59 Å². The molecule has 8 nitrogen and oxygen atoms in total. The van der Waals surface area contributed by atoms with E-state index in [1.807, 2.05) is 0 Å². The molecule has 2 N–H and O–H groups in total. The molecular weight excluding hydrogens is 411 g/mol. The summed E-state index contributed by atoms with van der Waals surface area (Å²) >= 11 is 12.0. The van der Waals surface area contributed by atoms with E-state index in [0.717, 1.165) is 0 Å². The number of carbonyl (C=O) groups is 3. The number of nitrogens with one attached hydrogen (secondary N) is 2. The van der Waals surface area contributed by atoms with Gasteiger partial charge in [-0.3, -0.25) is 4.79 Å². The maximum absolute atomic E-state index is 12.6. The molecule has 2 atom stereocenters. The van der Waals surface area contributed by atoms with Crippen molar-refractivity contribution in [2.75, 3.05) is 13.2 Å². The number of rotatable bonds is 6. The molecule has 1 aromatic rings. The lowest BCUT2D eigenvalue weighted by atomic mass is 10.0. The predicted molar refractivity (Wildman–Crippen MR) is 99.6 cm³/mol. The number of hydrogen-bond acceptors (Lipinski definition) is 6. The summed E-state index contributed by atoms with van der Waals surface area (Å²) in [7, 11) is 0. The molecular formula is C18H20Cl2N2O6. The maximum Gasteiger partial charge on any atom is 0.338 e.